The van der Waals surface area contributed by atoms with Crippen molar-refractivity contribution in [3.63, 3.8) is 0 Å². The Morgan fingerprint density at radius 1 is 1.00 bits per heavy atom. The number of anilines is 2. The smallest absolute Gasteiger partial charge is 0.266 e. The van der Waals surface area contributed by atoms with Crippen molar-refractivity contribution in [1.82, 2.24) is 0 Å². The van der Waals surface area contributed by atoms with Gasteiger partial charge in [-0.15, -0.1) is 0 Å². The quantitative estimate of drug-likeness (QED) is 0.327. The van der Waals surface area contributed by atoms with Crippen molar-refractivity contribution in [3.8, 4) is 11.8 Å². The predicted molar refractivity (Wildman–Crippen MR) is 130 cm³/mol. The summed E-state index contributed by atoms with van der Waals surface area (Å²) in [6.07, 6.45) is 1.36. The fraction of sp³-hybridized carbons (Fsp3) is 0.0800. The molecule has 0 heterocycles. The zero-order valence-electron chi connectivity index (χ0n) is 17.6. The number of carbonyl (C=O) groups excluding carboxylic acids is 2. The zero-order chi connectivity index (χ0) is 23.8. The molecule has 0 saturated heterocycles. The Morgan fingerprint density at radius 2 is 1.76 bits per heavy atom. The van der Waals surface area contributed by atoms with Crippen LogP contribution in [-0.4, -0.2) is 18.4 Å². The van der Waals surface area contributed by atoms with E-state index in [9.17, 15) is 14.9 Å². The van der Waals surface area contributed by atoms with Crippen molar-refractivity contribution >= 4 is 52.5 Å². The minimum Gasteiger partial charge on any atom is -0.483 e. The Hall–Kier alpha value is -3.79. The molecule has 0 spiro atoms. The van der Waals surface area contributed by atoms with Crippen LogP contribution < -0.4 is 15.4 Å². The number of aryl methyl sites for hydroxylation is 1. The van der Waals surface area contributed by atoms with Gasteiger partial charge >= 0.3 is 0 Å². The molecule has 0 fully saturated rings. The van der Waals surface area contributed by atoms with Crippen LogP contribution in [0.4, 0.5) is 11.4 Å². The lowest BCUT2D eigenvalue weighted by Crippen LogP contribution is -2.20. The summed E-state index contributed by atoms with van der Waals surface area (Å²) in [5.74, 6) is -0.692. The molecule has 0 atom stereocenters. The highest BCUT2D eigenvalue weighted by Crippen LogP contribution is 2.26. The first-order valence-corrected chi connectivity index (χ1v) is 10.6. The number of hydrogen-bond acceptors (Lipinski definition) is 4. The highest BCUT2D eigenvalue weighted by atomic mass is 35.5. The minimum atomic E-state index is -0.580. The van der Waals surface area contributed by atoms with E-state index in [0.717, 1.165) is 5.56 Å². The summed E-state index contributed by atoms with van der Waals surface area (Å²) in [6, 6.07) is 20.5. The number of rotatable bonds is 7. The van der Waals surface area contributed by atoms with Crippen molar-refractivity contribution < 1.29 is 14.3 Å². The van der Waals surface area contributed by atoms with Crippen LogP contribution in [0.2, 0.25) is 10.0 Å². The lowest BCUT2D eigenvalue weighted by atomic mass is 10.1. The van der Waals surface area contributed by atoms with Crippen LogP contribution in [0.5, 0.6) is 5.75 Å². The summed E-state index contributed by atoms with van der Waals surface area (Å²) in [4.78, 5) is 24.8. The molecule has 0 bridgehead atoms. The molecule has 0 aliphatic heterocycles. The second-order valence-corrected chi connectivity index (χ2v) is 7.82. The molecule has 0 unspecified atom stereocenters. The largest absolute Gasteiger partial charge is 0.483 e. The Balaban J connectivity index is 1.73. The number of nitriles is 1. The van der Waals surface area contributed by atoms with E-state index in [1.54, 1.807) is 60.7 Å². The second kappa shape index (κ2) is 11.2. The molecule has 0 aliphatic carbocycles. The molecule has 0 radical (unpaired) electrons. The lowest BCUT2D eigenvalue weighted by molar-refractivity contribution is -0.118. The zero-order valence-corrected chi connectivity index (χ0v) is 19.1. The van der Waals surface area contributed by atoms with Crippen LogP contribution in [-0.2, 0) is 9.59 Å². The number of benzene rings is 3. The third kappa shape index (κ3) is 6.84. The molecule has 3 rings (SSSR count). The van der Waals surface area contributed by atoms with E-state index in [1.165, 1.54) is 6.08 Å². The van der Waals surface area contributed by atoms with Gasteiger partial charge in [0.1, 0.15) is 17.4 Å². The number of para-hydroxylation sites is 1. The summed E-state index contributed by atoms with van der Waals surface area (Å²) < 4.78 is 5.63. The van der Waals surface area contributed by atoms with Crippen molar-refractivity contribution in [1.29, 1.82) is 5.26 Å². The summed E-state index contributed by atoms with van der Waals surface area (Å²) in [6.45, 7) is 1.56. The third-order valence-electron chi connectivity index (χ3n) is 4.48. The van der Waals surface area contributed by atoms with Gasteiger partial charge in [-0.25, -0.2) is 0 Å². The van der Waals surface area contributed by atoms with Crippen molar-refractivity contribution in [3.05, 3.63) is 93.5 Å². The van der Waals surface area contributed by atoms with Gasteiger partial charge in [-0.1, -0.05) is 47.5 Å². The predicted octanol–water partition coefficient (Wildman–Crippen LogP) is 5.87. The third-order valence-corrected chi connectivity index (χ3v) is 5.13. The molecular formula is C25H19Cl2N3O3. The first kappa shape index (κ1) is 23.9. The van der Waals surface area contributed by atoms with Gasteiger partial charge in [0.25, 0.3) is 11.8 Å². The number of amides is 2. The van der Waals surface area contributed by atoms with E-state index in [1.807, 2.05) is 19.1 Å². The molecule has 6 nitrogen and oxygen atoms in total. The first-order valence-electron chi connectivity index (χ1n) is 9.82. The molecule has 166 valence electrons. The first-order chi connectivity index (χ1) is 15.9. The maximum absolute atomic E-state index is 12.5. The maximum atomic E-state index is 12.5. The second-order valence-electron chi connectivity index (χ2n) is 6.97. The van der Waals surface area contributed by atoms with Crippen LogP contribution >= 0.6 is 23.2 Å². The van der Waals surface area contributed by atoms with Crippen LogP contribution in [0.3, 0.4) is 0 Å². The molecule has 0 saturated carbocycles. The van der Waals surface area contributed by atoms with E-state index in [-0.39, 0.29) is 17.9 Å². The van der Waals surface area contributed by atoms with Gasteiger partial charge in [-0.3, -0.25) is 9.59 Å². The topological polar surface area (TPSA) is 91.2 Å². The highest BCUT2D eigenvalue weighted by molar-refractivity contribution is 6.31. The fourth-order valence-corrected chi connectivity index (χ4v) is 3.16. The van der Waals surface area contributed by atoms with E-state index < -0.39 is 11.8 Å². The molecular weight excluding hydrogens is 461 g/mol. The van der Waals surface area contributed by atoms with Crippen LogP contribution in [0.1, 0.15) is 11.1 Å². The normalized spacial score (nSPS) is 10.8. The molecule has 8 heteroatoms. The Morgan fingerprint density at radius 3 is 2.45 bits per heavy atom. The van der Waals surface area contributed by atoms with Crippen LogP contribution in [0.25, 0.3) is 6.08 Å². The highest BCUT2D eigenvalue weighted by Gasteiger charge is 2.13. The summed E-state index contributed by atoms with van der Waals surface area (Å²) in [5, 5.41) is 15.8. The minimum absolute atomic E-state index is 0.148. The average Bonchev–Trinajstić information content (AvgIpc) is 2.80. The molecule has 33 heavy (non-hydrogen) atoms. The number of nitrogens with zero attached hydrogens (tertiary/aromatic N) is 1. The van der Waals surface area contributed by atoms with Gasteiger partial charge in [0.15, 0.2) is 6.61 Å². The molecule has 0 aliphatic rings. The van der Waals surface area contributed by atoms with Gasteiger partial charge in [0.05, 0.1) is 0 Å². The van der Waals surface area contributed by atoms with Gasteiger partial charge in [-0.05, 0) is 61.0 Å². The van der Waals surface area contributed by atoms with E-state index in [2.05, 4.69) is 10.6 Å². The summed E-state index contributed by atoms with van der Waals surface area (Å²) in [5.41, 5.74) is 2.23. The molecule has 3 aromatic carbocycles. The molecule has 2 N–H and O–H groups in total. The summed E-state index contributed by atoms with van der Waals surface area (Å²) >= 11 is 12.2. The number of carbonyl (C=O) groups is 2. The standard InChI is InChI=1S/C25H19Cl2N3O3/c1-16-7-9-21(13-22(16)27)29-24(31)15-33-23-10-8-19(26)12-17(23)11-18(14-28)25(32)30-20-5-3-2-4-6-20/h2-13H,15H2,1H3,(H,29,31)(H,30,32)/b18-11+. The molecule has 3 aromatic rings. The lowest BCUT2D eigenvalue weighted by Gasteiger charge is -2.11. The van der Waals surface area contributed by atoms with Crippen LogP contribution in [0, 0.1) is 18.3 Å². The van der Waals surface area contributed by atoms with Gasteiger partial charge < -0.3 is 15.4 Å². The Labute approximate surface area is 201 Å². The van der Waals surface area contributed by atoms with Crippen LogP contribution in [0.15, 0.2) is 72.3 Å². The monoisotopic (exact) mass is 479 g/mol. The van der Waals surface area contributed by atoms with Crippen molar-refractivity contribution in [2.75, 3.05) is 17.2 Å². The van der Waals surface area contributed by atoms with E-state index in [4.69, 9.17) is 27.9 Å². The Bertz CT molecular complexity index is 1250. The maximum Gasteiger partial charge on any atom is 0.266 e. The SMILES string of the molecule is Cc1ccc(NC(=O)COc2ccc(Cl)cc2/C=C(\C#N)C(=O)Nc2ccccc2)cc1Cl. The molecule has 2 amide bonds. The van der Waals surface area contributed by atoms with Crippen molar-refractivity contribution in [2.24, 2.45) is 0 Å². The van der Waals surface area contributed by atoms with E-state index >= 15 is 0 Å². The molecule has 0 aromatic heterocycles. The number of nitrogens with one attached hydrogen (secondary N) is 2. The summed E-state index contributed by atoms with van der Waals surface area (Å²) in [7, 11) is 0. The number of hydrogen-bond donors (Lipinski definition) is 2. The average molecular weight is 480 g/mol. The van der Waals surface area contributed by atoms with Crippen molar-refractivity contribution in [2.45, 2.75) is 6.92 Å². The van der Waals surface area contributed by atoms with Gasteiger partial charge in [-0.2, -0.15) is 5.26 Å². The fourth-order valence-electron chi connectivity index (χ4n) is 2.80. The number of ether oxygens (including phenoxy) is 1. The van der Waals surface area contributed by atoms with Gasteiger partial charge in [0.2, 0.25) is 0 Å². The van der Waals surface area contributed by atoms with E-state index in [0.29, 0.717) is 27.0 Å². The Kier molecular flexibility index (Phi) is 8.09. The van der Waals surface area contributed by atoms with Gasteiger partial charge in [0, 0.05) is 27.0 Å². The number of halogens is 2.